The molecule has 18 heavy (non-hydrogen) atoms. The Kier molecular flexibility index (Phi) is 6.02. The third kappa shape index (κ3) is 3.43. The molecular weight excluding hydrogens is 296 g/mol. The molecule has 1 aromatic carbocycles. The fraction of sp³-hybridized carbons (Fsp3) is 0.500. The highest BCUT2D eigenvalue weighted by molar-refractivity contribution is 6.35. The lowest BCUT2D eigenvalue weighted by Crippen LogP contribution is -2.27. The maximum atomic E-state index is 9.92. The van der Waals surface area contributed by atoms with Crippen molar-refractivity contribution < 1.29 is 9.84 Å². The zero-order valence-electron chi connectivity index (χ0n) is 9.73. The Morgan fingerprint density at radius 3 is 2.50 bits per heavy atom. The van der Waals surface area contributed by atoms with E-state index in [-0.39, 0.29) is 29.2 Å². The second kappa shape index (κ2) is 6.83. The van der Waals surface area contributed by atoms with Gasteiger partial charge < -0.3 is 15.6 Å². The summed E-state index contributed by atoms with van der Waals surface area (Å²) in [6.07, 6.45) is 1.79. The van der Waals surface area contributed by atoms with Crippen molar-refractivity contribution in [2.24, 2.45) is 11.7 Å². The predicted octanol–water partition coefficient (Wildman–Crippen LogP) is 3.55. The Morgan fingerprint density at radius 2 is 1.89 bits per heavy atom. The summed E-state index contributed by atoms with van der Waals surface area (Å²) in [6.45, 7) is 1.43. The van der Waals surface area contributed by atoms with Crippen molar-refractivity contribution in [1.29, 1.82) is 0 Å². The standard InChI is InChI=1S/C12H15Cl2NO2.ClH/c13-8-5-9(12(16)10(14)6-8)11(15)7-1-3-17-4-2-7;/h5-7,11,16H,1-4,15H2;1H/t11-;/m1./s1. The lowest BCUT2D eigenvalue weighted by atomic mass is 9.87. The summed E-state index contributed by atoms with van der Waals surface area (Å²) in [6, 6.07) is 2.94. The second-order valence-electron chi connectivity index (χ2n) is 4.30. The maximum absolute atomic E-state index is 9.92. The van der Waals surface area contributed by atoms with Crippen molar-refractivity contribution in [2.45, 2.75) is 18.9 Å². The Morgan fingerprint density at radius 1 is 1.28 bits per heavy atom. The number of hydrogen-bond donors (Lipinski definition) is 2. The zero-order chi connectivity index (χ0) is 12.4. The first-order valence-corrected chi connectivity index (χ1v) is 6.36. The summed E-state index contributed by atoms with van der Waals surface area (Å²) in [4.78, 5) is 0. The SMILES string of the molecule is Cl.N[C@@H](c1cc(Cl)cc(Cl)c1O)C1CCOCC1. The van der Waals surface area contributed by atoms with Crippen LogP contribution in [0, 0.1) is 5.92 Å². The molecule has 3 nitrogen and oxygen atoms in total. The average Bonchev–Trinajstić information content (AvgIpc) is 2.34. The number of ether oxygens (including phenoxy) is 1. The van der Waals surface area contributed by atoms with Gasteiger partial charge in [0.25, 0.3) is 0 Å². The van der Waals surface area contributed by atoms with E-state index in [0.717, 1.165) is 12.8 Å². The van der Waals surface area contributed by atoms with Crippen molar-refractivity contribution >= 4 is 35.6 Å². The van der Waals surface area contributed by atoms with Gasteiger partial charge in [0.15, 0.2) is 0 Å². The third-order valence-electron chi connectivity index (χ3n) is 3.19. The first-order chi connectivity index (χ1) is 8.09. The topological polar surface area (TPSA) is 55.5 Å². The molecule has 1 aliphatic rings. The largest absolute Gasteiger partial charge is 0.506 e. The Bertz CT molecular complexity index is 409. The van der Waals surface area contributed by atoms with E-state index in [1.54, 1.807) is 6.07 Å². The monoisotopic (exact) mass is 311 g/mol. The first kappa shape index (κ1) is 15.9. The van der Waals surface area contributed by atoms with Gasteiger partial charge in [0, 0.05) is 29.8 Å². The molecule has 1 aliphatic heterocycles. The number of hydrogen-bond acceptors (Lipinski definition) is 3. The lowest BCUT2D eigenvalue weighted by molar-refractivity contribution is 0.0581. The molecule has 0 aliphatic carbocycles. The minimum Gasteiger partial charge on any atom is -0.506 e. The Hall–Kier alpha value is -0.190. The number of phenolic OH excluding ortho intramolecular Hbond substituents is 1. The van der Waals surface area contributed by atoms with E-state index in [4.69, 9.17) is 33.7 Å². The van der Waals surface area contributed by atoms with Crippen molar-refractivity contribution in [3.63, 3.8) is 0 Å². The maximum Gasteiger partial charge on any atom is 0.139 e. The highest BCUT2D eigenvalue weighted by Crippen LogP contribution is 2.38. The highest BCUT2D eigenvalue weighted by atomic mass is 35.5. The summed E-state index contributed by atoms with van der Waals surface area (Å²) < 4.78 is 5.29. The second-order valence-corrected chi connectivity index (χ2v) is 5.14. The van der Waals surface area contributed by atoms with Gasteiger partial charge in [-0.2, -0.15) is 0 Å². The minimum atomic E-state index is -0.255. The molecule has 0 unspecified atom stereocenters. The molecule has 0 radical (unpaired) electrons. The lowest BCUT2D eigenvalue weighted by Gasteiger charge is -2.28. The van der Waals surface area contributed by atoms with Crippen LogP contribution in [0.15, 0.2) is 12.1 Å². The van der Waals surface area contributed by atoms with Crippen molar-refractivity contribution in [3.05, 3.63) is 27.7 Å². The first-order valence-electron chi connectivity index (χ1n) is 5.61. The number of nitrogens with two attached hydrogens (primary N) is 1. The van der Waals surface area contributed by atoms with Crippen LogP contribution in [0.1, 0.15) is 24.4 Å². The number of aromatic hydroxyl groups is 1. The Labute approximate surface area is 123 Å². The van der Waals surface area contributed by atoms with Gasteiger partial charge in [0.2, 0.25) is 0 Å². The van der Waals surface area contributed by atoms with Crippen molar-refractivity contribution in [1.82, 2.24) is 0 Å². The van der Waals surface area contributed by atoms with Gasteiger partial charge in [-0.25, -0.2) is 0 Å². The molecule has 0 saturated carbocycles. The molecule has 2 rings (SSSR count). The van der Waals surface area contributed by atoms with Crippen molar-refractivity contribution in [2.75, 3.05) is 13.2 Å². The van der Waals surface area contributed by atoms with Crippen molar-refractivity contribution in [3.8, 4) is 5.75 Å². The molecular formula is C12H16Cl3NO2. The summed E-state index contributed by atoms with van der Waals surface area (Å²) >= 11 is 11.8. The zero-order valence-corrected chi connectivity index (χ0v) is 12.1. The van der Waals surface area contributed by atoms with E-state index >= 15 is 0 Å². The molecule has 1 saturated heterocycles. The van der Waals surface area contributed by atoms with E-state index in [1.807, 2.05) is 0 Å². The molecule has 0 spiro atoms. The van der Waals surface area contributed by atoms with Gasteiger partial charge in [-0.15, -0.1) is 12.4 Å². The third-order valence-corrected chi connectivity index (χ3v) is 3.70. The van der Waals surface area contributed by atoms with Crippen LogP contribution < -0.4 is 5.73 Å². The van der Waals surface area contributed by atoms with E-state index < -0.39 is 0 Å². The van der Waals surface area contributed by atoms with Crippen LogP contribution in [0.3, 0.4) is 0 Å². The number of benzene rings is 1. The number of rotatable bonds is 2. The van der Waals surface area contributed by atoms with Crippen LogP contribution in [-0.4, -0.2) is 18.3 Å². The van der Waals surface area contributed by atoms with Crippen LogP contribution in [0.5, 0.6) is 5.75 Å². The van der Waals surface area contributed by atoms with Gasteiger partial charge in [0.05, 0.1) is 5.02 Å². The fourth-order valence-corrected chi connectivity index (χ4v) is 2.68. The Balaban J connectivity index is 0.00000162. The van der Waals surface area contributed by atoms with Gasteiger partial charge in [0.1, 0.15) is 5.75 Å². The number of halogens is 3. The molecule has 0 aromatic heterocycles. The molecule has 0 bridgehead atoms. The van der Waals surface area contributed by atoms with Gasteiger partial charge >= 0.3 is 0 Å². The molecule has 0 amide bonds. The van der Waals surface area contributed by atoms with Gasteiger partial charge in [-0.05, 0) is 30.9 Å². The van der Waals surface area contributed by atoms with E-state index in [9.17, 15) is 5.11 Å². The quantitative estimate of drug-likeness (QED) is 0.878. The molecule has 1 heterocycles. The predicted molar refractivity (Wildman–Crippen MR) is 75.8 cm³/mol. The van der Waals surface area contributed by atoms with Gasteiger partial charge in [-0.1, -0.05) is 23.2 Å². The average molecular weight is 313 g/mol. The molecule has 1 atom stereocenters. The van der Waals surface area contributed by atoms with Crippen LogP contribution >= 0.6 is 35.6 Å². The molecule has 3 N–H and O–H groups in total. The normalized spacial score (nSPS) is 18.2. The minimum absolute atomic E-state index is 0. The summed E-state index contributed by atoms with van der Waals surface area (Å²) in [5, 5.41) is 10.7. The summed E-state index contributed by atoms with van der Waals surface area (Å²) in [5.41, 5.74) is 6.80. The molecule has 1 aromatic rings. The van der Waals surface area contributed by atoms with Crippen LogP contribution in [0.2, 0.25) is 10.0 Å². The fourth-order valence-electron chi connectivity index (χ4n) is 2.17. The highest BCUT2D eigenvalue weighted by Gasteiger charge is 2.25. The molecule has 1 fully saturated rings. The van der Waals surface area contributed by atoms with Gasteiger partial charge in [-0.3, -0.25) is 0 Å². The molecule has 102 valence electrons. The number of phenols is 1. The van der Waals surface area contributed by atoms with Crippen LogP contribution in [-0.2, 0) is 4.74 Å². The van der Waals surface area contributed by atoms with E-state index in [0.29, 0.717) is 29.7 Å². The summed E-state index contributed by atoms with van der Waals surface area (Å²) in [5.74, 6) is 0.333. The van der Waals surface area contributed by atoms with E-state index in [2.05, 4.69) is 0 Å². The van der Waals surface area contributed by atoms with E-state index in [1.165, 1.54) is 6.07 Å². The smallest absolute Gasteiger partial charge is 0.139 e. The van der Waals surface area contributed by atoms with Crippen LogP contribution in [0.25, 0.3) is 0 Å². The molecule has 6 heteroatoms. The summed E-state index contributed by atoms with van der Waals surface area (Å²) in [7, 11) is 0. The van der Waals surface area contributed by atoms with Crippen LogP contribution in [0.4, 0.5) is 0 Å².